The van der Waals surface area contributed by atoms with Gasteiger partial charge in [0.25, 0.3) is 0 Å². The van der Waals surface area contributed by atoms with Crippen LogP contribution < -0.4 is 0 Å². The van der Waals surface area contributed by atoms with Crippen LogP contribution in [0.3, 0.4) is 0 Å². The summed E-state index contributed by atoms with van der Waals surface area (Å²) in [5, 5.41) is 21.4. The molecule has 2 heteroatoms. The summed E-state index contributed by atoms with van der Waals surface area (Å²) in [6.07, 6.45) is 5.91. The van der Waals surface area contributed by atoms with E-state index in [0.717, 1.165) is 36.8 Å². The maximum absolute atomic E-state index is 10.7. The van der Waals surface area contributed by atoms with Gasteiger partial charge in [-0.05, 0) is 68.7 Å². The predicted molar refractivity (Wildman–Crippen MR) is 108 cm³/mol. The Bertz CT molecular complexity index is 794. The van der Waals surface area contributed by atoms with Gasteiger partial charge >= 0.3 is 0 Å². The van der Waals surface area contributed by atoms with Crippen LogP contribution in [-0.4, -0.2) is 10.2 Å². The predicted octanol–water partition coefficient (Wildman–Crippen LogP) is 5.90. The van der Waals surface area contributed by atoms with Gasteiger partial charge in [-0.25, -0.2) is 0 Å². The summed E-state index contributed by atoms with van der Waals surface area (Å²) in [6, 6.07) is 13.9. The molecule has 0 amide bonds. The number of phenols is 2. The minimum Gasteiger partial charge on any atom is -0.507 e. The smallest absolute Gasteiger partial charge is 0.123 e. The topological polar surface area (TPSA) is 40.5 Å². The summed E-state index contributed by atoms with van der Waals surface area (Å²) in [5.41, 5.74) is 5.25. The van der Waals surface area contributed by atoms with Crippen LogP contribution in [-0.2, 0) is 12.8 Å². The fourth-order valence-electron chi connectivity index (χ4n) is 4.01. The molecule has 2 N–H and O–H groups in total. The first-order valence-corrected chi connectivity index (χ1v) is 9.37. The van der Waals surface area contributed by atoms with Gasteiger partial charge < -0.3 is 10.2 Å². The standard InChI is InChI=1S/C24H28O2/c1-16(2)20-12-9-17(3)13-21(20)24-22(25)14-19(15-23(24)26)11-10-18-7-5-4-6-8-18/h4-8,13-15,20-21,25-26H,1,9-12H2,2-3H3/t20?,21-/m0/s1. The molecule has 0 aromatic heterocycles. The molecule has 0 radical (unpaired) electrons. The van der Waals surface area contributed by atoms with E-state index in [-0.39, 0.29) is 23.3 Å². The molecule has 0 fully saturated rings. The Kier molecular flexibility index (Phi) is 5.51. The van der Waals surface area contributed by atoms with E-state index in [9.17, 15) is 10.2 Å². The number of rotatable bonds is 5. The molecule has 2 aromatic carbocycles. The Hall–Kier alpha value is -2.48. The lowest BCUT2D eigenvalue weighted by atomic mass is 9.73. The van der Waals surface area contributed by atoms with Crippen LogP contribution in [0.4, 0.5) is 0 Å². The van der Waals surface area contributed by atoms with E-state index in [2.05, 4.69) is 31.7 Å². The minimum atomic E-state index is -0.00979. The zero-order chi connectivity index (χ0) is 18.7. The summed E-state index contributed by atoms with van der Waals surface area (Å²) in [5.74, 6) is 0.626. The zero-order valence-corrected chi connectivity index (χ0v) is 15.7. The highest BCUT2D eigenvalue weighted by atomic mass is 16.3. The zero-order valence-electron chi connectivity index (χ0n) is 15.7. The first-order valence-electron chi connectivity index (χ1n) is 9.37. The van der Waals surface area contributed by atoms with Crippen LogP contribution in [0.1, 0.15) is 49.3 Å². The molecule has 0 heterocycles. The second kappa shape index (κ2) is 7.82. The maximum Gasteiger partial charge on any atom is 0.123 e. The number of phenolic OH excluding ortho intramolecular Hbond substituents is 2. The van der Waals surface area contributed by atoms with Crippen LogP contribution >= 0.6 is 0 Å². The van der Waals surface area contributed by atoms with Gasteiger partial charge in [-0.3, -0.25) is 0 Å². The Morgan fingerprint density at radius 3 is 2.27 bits per heavy atom. The summed E-state index contributed by atoms with van der Waals surface area (Å²) in [4.78, 5) is 0. The molecule has 0 saturated carbocycles. The Morgan fingerprint density at radius 1 is 1.04 bits per heavy atom. The highest BCUT2D eigenvalue weighted by Gasteiger charge is 2.30. The molecule has 26 heavy (non-hydrogen) atoms. The molecule has 3 rings (SSSR count). The summed E-state index contributed by atoms with van der Waals surface area (Å²) >= 11 is 0. The second-order valence-corrected chi connectivity index (χ2v) is 7.56. The third kappa shape index (κ3) is 4.01. The molecule has 0 saturated heterocycles. The second-order valence-electron chi connectivity index (χ2n) is 7.56. The Morgan fingerprint density at radius 2 is 1.65 bits per heavy atom. The third-order valence-corrected chi connectivity index (χ3v) is 5.45. The van der Waals surface area contributed by atoms with Crippen LogP contribution in [0.25, 0.3) is 0 Å². The van der Waals surface area contributed by atoms with Gasteiger partial charge in [0.2, 0.25) is 0 Å². The fourth-order valence-corrected chi connectivity index (χ4v) is 4.01. The lowest BCUT2D eigenvalue weighted by molar-refractivity contribution is 0.406. The third-order valence-electron chi connectivity index (χ3n) is 5.45. The summed E-state index contributed by atoms with van der Waals surface area (Å²) < 4.78 is 0. The van der Waals surface area contributed by atoms with E-state index in [1.54, 1.807) is 0 Å². The molecule has 2 nitrogen and oxygen atoms in total. The van der Waals surface area contributed by atoms with E-state index >= 15 is 0 Å². The number of aryl methyl sites for hydroxylation is 2. The fraction of sp³-hybridized carbons (Fsp3) is 0.333. The van der Waals surface area contributed by atoms with Crippen LogP contribution in [0.15, 0.2) is 66.3 Å². The first kappa shape index (κ1) is 18.3. The minimum absolute atomic E-state index is 0.00979. The molecule has 0 bridgehead atoms. The van der Waals surface area contributed by atoms with Crippen LogP contribution in [0.5, 0.6) is 11.5 Å². The van der Waals surface area contributed by atoms with Gasteiger partial charge in [-0.2, -0.15) is 0 Å². The van der Waals surface area contributed by atoms with Crippen molar-refractivity contribution >= 4 is 0 Å². The molecule has 136 valence electrons. The first-order chi connectivity index (χ1) is 12.5. The molecule has 1 aliphatic carbocycles. The van der Waals surface area contributed by atoms with Crippen molar-refractivity contribution in [1.82, 2.24) is 0 Å². The highest BCUT2D eigenvalue weighted by molar-refractivity contribution is 5.52. The van der Waals surface area contributed by atoms with Gasteiger partial charge in [0, 0.05) is 11.5 Å². The van der Waals surface area contributed by atoms with Gasteiger partial charge in [-0.1, -0.05) is 54.1 Å². The molecule has 0 aliphatic heterocycles. The van der Waals surface area contributed by atoms with Gasteiger partial charge in [0.1, 0.15) is 11.5 Å². The van der Waals surface area contributed by atoms with Gasteiger partial charge in [0.15, 0.2) is 0 Å². The normalized spacial score (nSPS) is 19.8. The average Bonchev–Trinajstić information content (AvgIpc) is 2.60. The van der Waals surface area contributed by atoms with Crippen molar-refractivity contribution in [2.24, 2.45) is 5.92 Å². The monoisotopic (exact) mass is 348 g/mol. The Balaban J connectivity index is 1.87. The number of benzene rings is 2. The van der Waals surface area contributed by atoms with E-state index in [1.165, 1.54) is 11.1 Å². The van der Waals surface area contributed by atoms with E-state index < -0.39 is 0 Å². The van der Waals surface area contributed by atoms with Crippen molar-refractivity contribution in [2.45, 2.75) is 45.4 Å². The maximum atomic E-state index is 10.7. The highest BCUT2D eigenvalue weighted by Crippen LogP contribution is 2.46. The van der Waals surface area contributed by atoms with Crippen molar-refractivity contribution in [3.8, 4) is 11.5 Å². The number of hydrogen-bond donors (Lipinski definition) is 2. The SMILES string of the molecule is C=C(C)C1CCC(C)=C[C@@H]1c1c(O)cc(CCc2ccccc2)cc1O. The number of aromatic hydroxyl groups is 2. The summed E-state index contributed by atoms with van der Waals surface area (Å²) in [6.45, 7) is 8.28. The van der Waals surface area contributed by atoms with Crippen molar-refractivity contribution in [2.75, 3.05) is 0 Å². The van der Waals surface area contributed by atoms with E-state index in [4.69, 9.17) is 0 Å². The largest absolute Gasteiger partial charge is 0.507 e. The van der Waals surface area contributed by atoms with Crippen LogP contribution in [0, 0.1) is 5.92 Å². The number of allylic oxidation sites excluding steroid dienone is 3. The van der Waals surface area contributed by atoms with Crippen LogP contribution in [0.2, 0.25) is 0 Å². The quantitative estimate of drug-likeness (QED) is 0.661. The van der Waals surface area contributed by atoms with Gasteiger partial charge in [-0.15, -0.1) is 0 Å². The van der Waals surface area contributed by atoms with Crippen molar-refractivity contribution in [3.05, 3.63) is 83.0 Å². The van der Waals surface area contributed by atoms with Crippen molar-refractivity contribution in [1.29, 1.82) is 0 Å². The summed E-state index contributed by atoms with van der Waals surface area (Å²) in [7, 11) is 0. The molecule has 2 aromatic rings. The molecular weight excluding hydrogens is 320 g/mol. The average molecular weight is 348 g/mol. The van der Waals surface area contributed by atoms with Gasteiger partial charge in [0.05, 0.1) is 0 Å². The lowest BCUT2D eigenvalue weighted by Crippen LogP contribution is -2.17. The van der Waals surface area contributed by atoms with E-state index in [0.29, 0.717) is 5.56 Å². The molecule has 1 unspecified atom stereocenters. The number of hydrogen-bond acceptors (Lipinski definition) is 2. The molecule has 2 atom stereocenters. The lowest BCUT2D eigenvalue weighted by Gasteiger charge is -2.31. The van der Waals surface area contributed by atoms with Crippen molar-refractivity contribution in [3.63, 3.8) is 0 Å². The van der Waals surface area contributed by atoms with Crippen molar-refractivity contribution < 1.29 is 10.2 Å². The molecule has 1 aliphatic rings. The Labute approximate surface area is 156 Å². The van der Waals surface area contributed by atoms with E-state index in [1.807, 2.05) is 37.3 Å². The molecule has 0 spiro atoms. The molecular formula is C24H28O2.